The second kappa shape index (κ2) is 4.35. The predicted octanol–water partition coefficient (Wildman–Crippen LogP) is 2.39. The van der Waals surface area contributed by atoms with Crippen LogP contribution in [0, 0.1) is 11.8 Å². The normalized spacial score (nSPS) is 28.7. The fourth-order valence-electron chi connectivity index (χ4n) is 2.06. The van der Waals surface area contributed by atoms with E-state index in [0.29, 0.717) is 6.42 Å². The summed E-state index contributed by atoms with van der Waals surface area (Å²) in [6.45, 7) is 4.57. The van der Waals surface area contributed by atoms with Gasteiger partial charge in [0.2, 0.25) is 0 Å². The van der Waals surface area contributed by atoms with Crippen LogP contribution in [0.3, 0.4) is 0 Å². The minimum Gasteiger partial charge on any atom is -0.205 e. The summed E-state index contributed by atoms with van der Waals surface area (Å²) in [6, 6.07) is 0. The van der Waals surface area contributed by atoms with Crippen LogP contribution in [0.4, 0.5) is 8.78 Å². The molecule has 1 unspecified atom stereocenters. The number of hydrogen-bond acceptors (Lipinski definition) is 1. The van der Waals surface area contributed by atoms with Crippen molar-refractivity contribution in [3.8, 4) is 0 Å². The van der Waals surface area contributed by atoms with Crippen LogP contribution in [0.5, 0.6) is 0 Å². The van der Waals surface area contributed by atoms with E-state index in [4.69, 9.17) is 0 Å². The molecular formula is C10H20F2NS+. The van der Waals surface area contributed by atoms with E-state index in [9.17, 15) is 8.78 Å². The van der Waals surface area contributed by atoms with Gasteiger partial charge in [-0.1, -0.05) is 13.8 Å². The Morgan fingerprint density at radius 1 is 1.36 bits per heavy atom. The Hall–Kier alpha value is 0.170. The quantitative estimate of drug-likeness (QED) is 0.651. The first-order valence-corrected chi connectivity index (χ1v) is 7.05. The molecule has 1 fully saturated rings. The van der Waals surface area contributed by atoms with Gasteiger partial charge in [0.1, 0.15) is 19.1 Å². The lowest BCUT2D eigenvalue weighted by Gasteiger charge is -2.37. The molecule has 4 heteroatoms. The molecule has 0 aromatic carbocycles. The molecular weight excluding hydrogens is 204 g/mol. The molecule has 1 atom stereocenters. The van der Waals surface area contributed by atoms with Crippen molar-refractivity contribution in [3.63, 3.8) is 0 Å². The number of alkyl halides is 2. The third kappa shape index (κ3) is 2.60. The molecule has 84 valence electrons. The lowest BCUT2D eigenvalue weighted by Crippen LogP contribution is -2.51. The first kappa shape index (κ1) is 12.2. The second-order valence-electron chi connectivity index (χ2n) is 4.54. The zero-order valence-corrected chi connectivity index (χ0v) is 10.2. The van der Waals surface area contributed by atoms with E-state index in [1.807, 2.05) is 30.7 Å². The monoisotopic (exact) mass is 224 g/mol. The lowest BCUT2D eigenvalue weighted by atomic mass is 9.84. The van der Waals surface area contributed by atoms with E-state index >= 15 is 0 Å². The second-order valence-corrected chi connectivity index (χ2v) is 6.60. The van der Waals surface area contributed by atoms with Crippen LogP contribution in [-0.4, -0.2) is 35.8 Å². The largest absolute Gasteiger partial charge is 0.268 e. The van der Waals surface area contributed by atoms with Gasteiger partial charge in [-0.3, -0.25) is 0 Å². The van der Waals surface area contributed by atoms with Gasteiger partial charge in [0, 0.05) is 12.5 Å². The number of piperidine rings is 1. The maximum absolute atomic E-state index is 13.7. The number of hydrogen-bond donors (Lipinski definition) is 0. The number of rotatable bonds is 2. The maximum Gasteiger partial charge on any atom is 0.268 e. The summed E-state index contributed by atoms with van der Waals surface area (Å²) in [5, 5.41) is 0. The van der Waals surface area contributed by atoms with Crippen LogP contribution in [0.25, 0.3) is 0 Å². The van der Waals surface area contributed by atoms with Crippen molar-refractivity contribution < 1.29 is 8.78 Å². The van der Waals surface area contributed by atoms with Gasteiger partial charge in [0.05, 0.1) is 11.1 Å². The number of nitrogens with zero attached hydrogens (tertiary/aromatic N) is 1. The van der Waals surface area contributed by atoms with Gasteiger partial charge >= 0.3 is 0 Å². The zero-order chi connectivity index (χ0) is 10.9. The highest BCUT2D eigenvalue weighted by Crippen LogP contribution is 2.38. The molecule has 0 radical (unpaired) electrons. The highest BCUT2D eigenvalue weighted by molar-refractivity contribution is 7.93. The molecule has 0 aromatic rings. The van der Waals surface area contributed by atoms with Crippen LogP contribution in [0.15, 0.2) is 0 Å². The maximum atomic E-state index is 13.7. The van der Waals surface area contributed by atoms with Gasteiger partial charge in [-0.05, 0) is 12.3 Å². The summed E-state index contributed by atoms with van der Waals surface area (Å²) in [6.07, 6.45) is 4.65. The van der Waals surface area contributed by atoms with Gasteiger partial charge in [-0.15, -0.1) is 4.31 Å². The first-order chi connectivity index (χ1) is 6.34. The molecule has 0 saturated carbocycles. The zero-order valence-electron chi connectivity index (χ0n) is 9.39. The van der Waals surface area contributed by atoms with Gasteiger partial charge in [0.15, 0.2) is 0 Å². The average Bonchev–Trinajstić information content (AvgIpc) is 2.01. The van der Waals surface area contributed by atoms with Crippen molar-refractivity contribution in [2.45, 2.75) is 26.2 Å². The van der Waals surface area contributed by atoms with E-state index in [-0.39, 0.29) is 23.5 Å². The smallest absolute Gasteiger partial charge is 0.205 e. The van der Waals surface area contributed by atoms with Crippen LogP contribution in [0.1, 0.15) is 20.3 Å². The SMILES string of the molecule is CC(C)C1CCN([S+](C)C)CC1(F)F. The van der Waals surface area contributed by atoms with Crippen molar-refractivity contribution in [2.75, 3.05) is 25.6 Å². The Morgan fingerprint density at radius 3 is 2.29 bits per heavy atom. The third-order valence-electron chi connectivity index (χ3n) is 2.94. The van der Waals surface area contributed by atoms with E-state index in [1.54, 1.807) is 0 Å². The summed E-state index contributed by atoms with van der Waals surface area (Å²) in [4.78, 5) is 0. The van der Waals surface area contributed by atoms with Gasteiger partial charge in [-0.25, -0.2) is 8.78 Å². The molecule has 14 heavy (non-hydrogen) atoms. The molecule has 1 heterocycles. The van der Waals surface area contributed by atoms with E-state index in [0.717, 1.165) is 6.54 Å². The highest BCUT2D eigenvalue weighted by Gasteiger charge is 2.48. The summed E-state index contributed by atoms with van der Waals surface area (Å²) >= 11 is -0.0234. The Morgan fingerprint density at radius 2 is 1.93 bits per heavy atom. The molecule has 1 nitrogen and oxygen atoms in total. The molecule has 0 N–H and O–H groups in total. The van der Waals surface area contributed by atoms with Crippen molar-refractivity contribution >= 4 is 11.1 Å². The standard InChI is InChI=1S/C10H20F2NS/c1-8(2)9-5-6-13(14(3)4)7-10(9,11)12/h8-9H,5-7H2,1-4H3/q+1. The van der Waals surface area contributed by atoms with Crippen molar-refractivity contribution in [3.05, 3.63) is 0 Å². The lowest BCUT2D eigenvalue weighted by molar-refractivity contribution is -0.107. The van der Waals surface area contributed by atoms with E-state index in [2.05, 4.69) is 0 Å². The molecule has 0 bridgehead atoms. The Labute approximate surface area is 88.3 Å². The van der Waals surface area contributed by atoms with Gasteiger partial charge in [0.25, 0.3) is 5.92 Å². The first-order valence-electron chi connectivity index (χ1n) is 5.05. The fourth-order valence-corrected chi connectivity index (χ4v) is 2.96. The van der Waals surface area contributed by atoms with Crippen molar-refractivity contribution in [2.24, 2.45) is 11.8 Å². The van der Waals surface area contributed by atoms with Crippen LogP contribution >= 0.6 is 0 Å². The molecule has 0 aromatic heterocycles. The molecule has 1 aliphatic rings. The third-order valence-corrected chi connectivity index (χ3v) is 4.28. The van der Waals surface area contributed by atoms with Crippen molar-refractivity contribution in [1.82, 2.24) is 4.31 Å². The van der Waals surface area contributed by atoms with E-state index in [1.165, 1.54) is 0 Å². The topological polar surface area (TPSA) is 3.24 Å². The summed E-state index contributed by atoms with van der Waals surface area (Å²) in [5.74, 6) is -2.84. The minimum atomic E-state index is -2.50. The summed E-state index contributed by atoms with van der Waals surface area (Å²) < 4.78 is 29.3. The summed E-state index contributed by atoms with van der Waals surface area (Å²) in [7, 11) is 0. The molecule has 1 rings (SSSR count). The fraction of sp³-hybridized carbons (Fsp3) is 1.00. The highest BCUT2D eigenvalue weighted by atomic mass is 32.2. The molecule has 0 spiro atoms. The average molecular weight is 224 g/mol. The van der Waals surface area contributed by atoms with Crippen LogP contribution < -0.4 is 0 Å². The molecule has 1 aliphatic heterocycles. The molecule has 0 amide bonds. The van der Waals surface area contributed by atoms with Crippen LogP contribution in [0.2, 0.25) is 0 Å². The van der Waals surface area contributed by atoms with Crippen molar-refractivity contribution in [1.29, 1.82) is 0 Å². The Balaban J connectivity index is 2.65. The Kier molecular flexibility index (Phi) is 3.81. The number of halogens is 2. The van der Waals surface area contributed by atoms with Crippen LogP contribution in [-0.2, 0) is 11.1 Å². The Bertz CT molecular complexity index is 195. The predicted molar refractivity (Wildman–Crippen MR) is 58.7 cm³/mol. The van der Waals surface area contributed by atoms with E-state index < -0.39 is 11.8 Å². The van der Waals surface area contributed by atoms with Gasteiger partial charge < -0.3 is 0 Å². The summed E-state index contributed by atoms with van der Waals surface area (Å²) in [5.41, 5.74) is 0. The molecule has 1 saturated heterocycles. The van der Waals surface area contributed by atoms with Gasteiger partial charge in [-0.2, -0.15) is 0 Å². The molecule has 0 aliphatic carbocycles. The minimum absolute atomic E-state index is 0.0234.